The summed E-state index contributed by atoms with van der Waals surface area (Å²) in [5.74, 6) is -0.318. The zero-order chi connectivity index (χ0) is 22.2. The third-order valence-electron chi connectivity index (χ3n) is 5.36. The fourth-order valence-corrected chi connectivity index (χ4v) is 4.38. The fraction of sp³-hybridized carbons (Fsp3) is 0.167. The highest BCUT2D eigenvalue weighted by molar-refractivity contribution is 9.10. The maximum Gasteiger partial charge on any atom is 0.264 e. The first-order valence-corrected chi connectivity index (χ1v) is 11.2. The summed E-state index contributed by atoms with van der Waals surface area (Å²) in [5, 5.41) is 11.5. The van der Waals surface area contributed by atoms with Gasteiger partial charge in [0.15, 0.2) is 11.4 Å². The molecule has 158 valence electrons. The second-order valence-corrected chi connectivity index (χ2v) is 9.20. The molecule has 0 aliphatic carbocycles. The Morgan fingerprint density at radius 1 is 1.03 bits per heavy atom. The Labute approximate surface area is 196 Å². The summed E-state index contributed by atoms with van der Waals surface area (Å²) in [5.41, 5.74) is 0.351. The molecule has 3 aromatic rings. The molecule has 1 aliphatic heterocycles. The summed E-state index contributed by atoms with van der Waals surface area (Å²) in [4.78, 5) is 28.0. The van der Waals surface area contributed by atoms with Crippen molar-refractivity contribution in [3.05, 3.63) is 92.4 Å². The van der Waals surface area contributed by atoms with Crippen LogP contribution in [-0.2, 0) is 16.9 Å². The predicted octanol–water partition coefficient (Wildman–Crippen LogP) is 5.23. The number of hydrogen-bond acceptors (Lipinski definition) is 4. The molecule has 1 unspecified atom stereocenters. The van der Waals surface area contributed by atoms with Crippen LogP contribution in [-0.4, -0.2) is 23.9 Å². The Hall–Kier alpha value is -2.48. The van der Waals surface area contributed by atoms with Crippen LogP contribution in [0.4, 0.5) is 5.69 Å². The molecule has 1 amide bonds. The van der Waals surface area contributed by atoms with Crippen LogP contribution in [0.25, 0.3) is 0 Å². The number of rotatable bonds is 6. The summed E-state index contributed by atoms with van der Waals surface area (Å²) >= 11 is 6.82. The van der Waals surface area contributed by atoms with Gasteiger partial charge >= 0.3 is 0 Å². The lowest BCUT2D eigenvalue weighted by molar-refractivity contribution is -0.136. The standard InChI is InChI=1S/C24H19Br2NO4/c1-31-19-4-2-3-16(11-19)22(28)13-24(30)20-12-18(26)9-10-21(20)27(23(24)29)14-15-5-7-17(25)8-6-15/h2-12,30H,13-14H2,1H3. The maximum atomic E-state index is 13.4. The van der Waals surface area contributed by atoms with Crippen molar-refractivity contribution < 1.29 is 19.4 Å². The molecule has 1 N–H and O–H groups in total. The minimum Gasteiger partial charge on any atom is -0.497 e. The van der Waals surface area contributed by atoms with Gasteiger partial charge in [-0.3, -0.25) is 9.59 Å². The molecule has 0 radical (unpaired) electrons. The molecule has 1 aliphatic rings. The lowest BCUT2D eigenvalue weighted by atomic mass is 9.88. The number of benzene rings is 3. The van der Waals surface area contributed by atoms with Crippen LogP contribution >= 0.6 is 31.9 Å². The van der Waals surface area contributed by atoms with E-state index in [2.05, 4.69) is 31.9 Å². The molecule has 0 saturated heterocycles. The Morgan fingerprint density at radius 3 is 2.45 bits per heavy atom. The van der Waals surface area contributed by atoms with Gasteiger partial charge in [-0.1, -0.05) is 56.1 Å². The van der Waals surface area contributed by atoms with Gasteiger partial charge < -0.3 is 14.7 Å². The molecule has 7 heteroatoms. The van der Waals surface area contributed by atoms with Crippen molar-refractivity contribution in [3.63, 3.8) is 0 Å². The number of fused-ring (bicyclic) bond motifs is 1. The monoisotopic (exact) mass is 543 g/mol. The van der Waals surface area contributed by atoms with E-state index >= 15 is 0 Å². The number of nitrogens with zero attached hydrogens (tertiary/aromatic N) is 1. The molecule has 1 heterocycles. The number of carbonyl (C=O) groups is 2. The van der Waals surface area contributed by atoms with Gasteiger partial charge in [0.2, 0.25) is 0 Å². The largest absolute Gasteiger partial charge is 0.497 e. The molecular formula is C24H19Br2NO4. The topological polar surface area (TPSA) is 66.8 Å². The molecule has 0 aromatic heterocycles. The normalized spacial score (nSPS) is 17.5. The van der Waals surface area contributed by atoms with E-state index in [1.54, 1.807) is 36.4 Å². The molecule has 4 rings (SSSR count). The van der Waals surface area contributed by atoms with Crippen LogP contribution in [0.1, 0.15) is 27.9 Å². The first-order chi connectivity index (χ1) is 14.8. The van der Waals surface area contributed by atoms with E-state index in [0.29, 0.717) is 22.6 Å². The Balaban J connectivity index is 1.69. The van der Waals surface area contributed by atoms with Crippen LogP contribution in [0, 0.1) is 0 Å². The number of hydrogen-bond donors (Lipinski definition) is 1. The van der Waals surface area contributed by atoms with Gasteiger partial charge in [0.25, 0.3) is 5.91 Å². The summed E-state index contributed by atoms with van der Waals surface area (Å²) in [6.07, 6.45) is -0.362. The van der Waals surface area contributed by atoms with Crippen molar-refractivity contribution in [2.75, 3.05) is 12.0 Å². The van der Waals surface area contributed by atoms with Gasteiger partial charge in [-0.15, -0.1) is 0 Å². The van der Waals surface area contributed by atoms with Gasteiger partial charge in [-0.05, 0) is 48.0 Å². The number of halogens is 2. The smallest absolute Gasteiger partial charge is 0.264 e. The second-order valence-electron chi connectivity index (χ2n) is 7.37. The van der Waals surface area contributed by atoms with Crippen molar-refractivity contribution in [1.82, 2.24) is 0 Å². The van der Waals surface area contributed by atoms with Crippen molar-refractivity contribution in [1.29, 1.82) is 0 Å². The molecule has 0 saturated carbocycles. The van der Waals surface area contributed by atoms with E-state index < -0.39 is 11.5 Å². The molecule has 31 heavy (non-hydrogen) atoms. The molecule has 0 bridgehead atoms. The number of ether oxygens (including phenoxy) is 1. The number of carbonyl (C=O) groups excluding carboxylic acids is 2. The zero-order valence-electron chi connectivity index (χ0n) is 16.6. The molecule has 0 spiro atoms. The summed E-state index contributed by atoms with van der Waals surface area (Å²) in [6, 6.07) is 19.6. The Kier molecular flexibility index (Phi) is 6.01. The highest BCUT2D eigenvalue weighted by Crippen LogP contribution is 2.45. The molecular weight excluding hydrogens is 526 g/mol. The minimum absolute atomic E-state index is 0.288. The lowest BCUT2D eigenvalue weighted by Gasteiger charge is -2.23. The van der Waals surface area contributed by atoms with Crippen LogP contribution in [0.15, 0.2) is 75.7 Å². The first-order valence-electron chi connectivity index (χ1n) is 9.58. The van der Waals surface area contributed by atoms with Gasteiger partial charge in [-0.2, -0.15) is 0 Å². The van der Waals surface area contributed by atoms with Gasteiger partial charge in [0, 0.05) is 20.1 Å². The van der Waals surface area contributed by atoms with Crippen molar-refractivity contribution in [2.45, 2.75) is 18.6 Å². The number of amides is 1. The zero-order valence-corrected chi connectivity index (χ0v) is 19.8. The number of methoxy groups -OCH3 is 1. The van der Waals surface area contributed by atoms with Crippen LogP contribution < -0.4 is 9.64 Å². The molecule has 1 atom stereocenters. The van der Waals surface area contributed by atoms with Crippen molar-refractivity contribution in [3.8, 4) is 5.75 Å². The average molecular weight is 545 g/mol. The van der Waals surface area contributed by atoms with Crippen molar-refractivity contribution in [2.24, 2.45) is 0 Å². The summed E-state index contributed by atoms with van der Waals surface area (Å²) in [7, 11) is 1.52. The third-order valence-corrected chi connectivity index (χ3v) is 6.38. The minimum atomic E-state index is -1.95. The van der Waals surface area contributed by atoms with E-state index in [-0.39, 0.29) is 18.7 Å². The molecule has 3 aromatic carbocycles. The third kappa shape index (κ3) is 4.18. The van der Waals surface area contributed by atoms with Crippen LogP contribution in [0.3, 0.4) is 0 Å². The number of anilines is 1. The van der Waals surface area contributed by atoms with E-state index in [1.165, 1.54) is 12.0 Å². The van der Waals surface area contributed by atoms with Crippen LogP contribution in [0.5, 0.6) is 5.75 Å². The fourth-order valence-electron chi connectivity index (χ4n) is 3.75. The molecule has 5 nitrogen and oxygen atoms in total. The van der Waals surface area contributed by atoms with E-state index in [1.807, 2.05) is 30.3 Å². The van der Waals surface area contributed by atoms with Crippen LogP contribution in [0.2, 0.25) is 0 Å². The Bertz CT molecular complexity index is 1160. The van der Waals surface area contributed by atoms with Gasteiger partial charge in [0.05, 0.1) is 25.8 Å². The highest BCUT2D eigenvalue weighted by Gasteiger charge is 2.51. The average Bonchev–Trinajstić information content (AvgIpc) is 2.96. The summed E-state index contributed by atoms with van der Waals surface area (Å²) < 4.78 is 6.84. The molecule has 0 fully saturated rings. The van der Waals surface area contributed by atoms with E-state index in [4.69, 9.17) is 4.74 Å². The highest BCUT2D eigenvalue weighted by atomic mass is 79.9. The van der Waals surface area contributed by atoms with Crippen molar-refractivity contribution >= 4 is 49.2 Å². The SMILES string of the molecule is COc1cccc(C(=O)CC2(O)C(=O)N(Cc3ccc(Br)cc3)c3ccc(Br)cc32)c1. The second kappa shape index (κ2) is 8.57. The quantitative estimate of drug-likeness (QED) is 0.432. The predicted molar refractivity (Wildman–Crippen MR) is 125 cm³/mol. The van der Waals surface area contributed by atoms with Gasteiger partial charge in [-0.25, -0.2) is 0 Å². The number of aliphatic hydroxyl groups is 1. The van der Waals surface area contributed by atoms with Gasteiger partial charge in [0.1, 0.15) is 5.75 Å². The Morgan fingerprint density at radius 2 is 1.74 bits per heavy atom. The number of Topliss-reactive ketones (excluding diaryl/α,β-unsaturated/α-hetero) is 1. The number of ketones is 1. The van der Waals surface area contributed by atoms with E-state index in [0.717, 1.165) is 14.5 Å². The first kappa shape index (κ1) is 21.7. The maximum absolute atomic E-state index is 13.4. The lowest BCUT2D eigenvalue weighted by Crippen LogP contribution is -2.41. The summed E-state index contributed by atoms with van der Waals surface area (Å²) in [6.45, 7) is 0.288. The van der Waals surface area contributed by atoms with E-state index in [9.17, 15) is 14.7 Å².